The largest absolute Gasteiger partial charge is 0.395 e. The topological polar surface area (TPSA) is 81.1 Å². The summed E-state index contributed by atoms with van der Waals surface area (Å²) in [6.45, 7) is 20.6. The minimum Gasteiger partial charge on any atom is -0.395 e. The summed E-state index contributed by atoms with van der Waals surface area (Å²) in [4.78, 5) is 31.8. The number of carbonyl (C=O) groups excluding carboxylic acids is 2. The molecule has 0 unspecified atom stereocenters. The Morgan fingerprint density at radius 2 is 1.38 bits per heavy atom. The number of nitrogens with zero attached hydrogens (tertiary/aromatic N) is 2. The highest BCUT2D eigenvalue weighted by Crippen LogP contribution is 2.75. The first kappa shape index (κ1) is 32.3. The number of amides is 2. The van der Waals surface area contributed by atoms with Gasteiger partial charge in [0.15, 0.2) is 0 Å². The van der Waals surface area contributed by atoms with E-state index in [-0.39, 0.29) is 35.4 Å². The second-order valence-electron chi connectivity index (χ2n) is 17.6. The van der Waals surface area contributed by atoms with Crippen LogP contribution in [0.4, 0.5) is 0 Å². The molecule has 5 rings (SSSR count). The van der Waals surface area contributed by atoms with Crippen LogP contribution in [0.25, 0.3) is 0 Å². The Kier molecular flexibility index (Phi) is 8.25. The first-order chi connectivity index (χ1) is 19.6. The lowest BCUT2D eigenvalue weighted by molar-refractivity contribution is -0.194. The molecule has 2 N–H and O–H groups in total. The molecule has 5 aliphatic rings. The fourth-order valence-electron chi connectivity index (χ4n) is 11.5. The highest BCUT2D eigenvalue weighted by molar-refractivity contribution is 5.85. The predicted molar refractivity (Wildman–Crippen MR) is 167 cm³/mol. The molecular formula is C36H62N2O4. The average molecular weight is 587 g/mol. The highest BCUT2D eigenvalue weighted by atomic mass is 16.3. The zero-order chi connectivity index (χ0) is 30.9. The Morgan fingerprint density at radius 1 is 0.786 bits per heavy atom. The van der Waals surface area contributed by atoms with Gasteiger partial charge in [-0.2, -0.15) is 0 Å². The van der Waals surface area contributed by atoms with Crippen LogP contribution < -0.4 is 0 Å². The summed E-state index contributed by atoms with van der Waals surface area (Å²) in [6.07, 6.45) is 12.0. The van der Waals surface area contributed by atoms with Crippen molar-refractivity contribution in [2.45, 2.75) is 120 Å². The van der Waals surface area contributed by atoms with Crippen LogP contribution in [0, 0.1) is 56.2 Å². The molecule has 0 radical (unpaired) electrons. The zero-order valence-corrected chi connectivity index (χ0v) is 28.2. The van der Waals surface area contributed by atoms with Gasteiger partial charge in [0.25, 0.3) is 0 Å². The predicted octanol–water partition coefficient (Wildman–Crippen LogP) is 6.14. The van der Waals surface area contributed by atoms with Crippen LogP contribution in [0.15, 0.2) is 0 Å². The first-order valence-corrected chi connectivity index (χ1v) is 17.4. The van der Waals surface area contributed by atoms with Gasteiger partial charge in [-0.25, -0.2) is 0 Å². The van der Waals surface area contributed by atoms with Crippen LogP contribution in [-0.4, -0.2) is 71.2 Å². The van der Waals surface area contributed by atoms with Gasteiger partial charge >= 0.3 is 0 Å². The highest BCUT2D eigenvalue weighted by Gasteiger charge is 2.70. The second kappa shape index (κ2) is 10.7. The number of aliphatic hydroxyl groups is 2. The first-order valence-electron chi connectivity index (χ1n) is 17.4. The molecule has 1 aliphatic heterocycles. The zero-order valence-electron chi connectivity index (χ0n) is 28.2. The van der Waals surface area contributed by atoms with Crippen LogP contribution in [0.3, 0.4) is 0 Å². The van der Waals surface area contributed by atoms with Gasteiger partial charge in [-0.05, 0) is 110 Å². The summed E-state index contributed by atoms with van der Waals surface area (Å²) in [6, 6.07) is 0. The lowest BCUT2D eigenvalue weighted by Gasteiger charge is -2.67. The number of piperazine rings is 1. The number of hydrogen-bond acceptors (Lipinski definition) is 4. The van der Waals surface area contributed by atoms with E-state index in [0.717, 1.165) is 19.3 Å². The van der Waals surface area contributed by atoms with Crippen molar-refractivity contribution in [1.29, 1.82) is 0 Å². The number of hydrogen-bond donors (Lipinski definition) is 2. The fourth-order valence-corrected chi connectivity index (χ4v) is 11.5. The quantitative estimate of drug-likeness (QED) is 0.358. The Morgan fingerprint density at radius 3 is 1.93 bits per heavy atom. The van der Waals surface area contributed by atoms with E-state index in [9.17, 15) is 19.8 Å². The van der Waals surface area contributed by atoms with Crippen molar-refractivity contribution in [2.75, 3.05) is 39.4 Å². The summed E-state index contributed by atoms with van der Waals surface area (Å²) < 4.78 is 0. The van der Waals surface area contributed by atoms with E-state index in [0.29, 0.717) is 66.6 Å². The van der Waals surface area contributed by atoms with Gasteiger partial charge in [0.05, 0.1) is 24.0 Å². The maximum atomic E-state index is 14.8. The molecule has 5 fully saturated rings. The summed E-state index contributed by atoms with van der Waals surface area (Å²) >= 11 is 0. The Labute approximate surface area is 256 Å². The minimum absolute atomic E-state index is 0.211. The molecule has 0 aromatic carbocycles. The third kappa shape index (κ3) is 4.70. The SMILES string of the molecule is CCCC(C)(C)[C@H]1CC[C@@H]2[C@H]3[C@H](C4(C)CC4)CC[C@]3(C(=O)N3CCN(C(=O)C(C)(CO)CO)CC3)CC[C@@]2(C)C1(C)C. The Bertz CT molecular complexity index is 1040. The molecule has 0 aromatic heterocycles. The van der Waals surface area contributed by atoms with Crippen molar-refractivity contribution in [3.8, 4) is 0 Å². The van der Waals surface area contributed by atoms with Gasteiger partial charge in [-0.15, -0.1) is 0 Å². The van der Waals surface area contributed by atoms with Crippen LogP contribution >= 0.6 is 0 Å². The molecular weight excluding hydrogens is 524 g/mol. The van der Waals surface area contributed by atoms with Crippen molar-refractivity contribution in [1.82, 2.24) is 9.80 Å². The van der Waals surface area contributed by atoms with E-state index in [1.165, 1.54) is 44.9 Å². The van der Waals surface area contributed by atoms with E-state index in [1.807, 2.05) is 0 Å². The van der Waals surface area contributed by atoms with Gasteiger partial charge in [0, 0.05) is 26.2 Å². The van der Waals surface area contributed by atoms with Crippen LogP contribution in [0.2, 0.25) is 0 Å². The molecule has 1 heterocycles. The summed E-state index contributed by atoms with van der Waals surface area (Å²) in [7, 11) is 0. The third-order valence-electron chi connectivity index (χ3n) is 14.7. The monoisotopic (exact) mass is 586 g/mol. The fraction of sp³-hybridized carbons (Fsp3) is 0.944. The minimum atomic E-state index is -1.17. The average Bonchev–Trinajstić information content (AvgIpc) is 3.57. The number of fused-ring (bicyclic) bond motifs is 3. The van der Waals surface area contributed by atoms with Crippen molar-refractivity contribution in [3.63, 3.8) is 0 Å². The summed E-state index contributed by atoms with van der Waals surface area (Å²) in [5, 5.41) is 19.5. The van der Waals surface area contributed by atoms with Crippen molar-refractivity contribution in [3.05, 3.63) is 0 Å². The van der Waals surface area contributed by atoms with Gasteiger partial charge in [-0.3, -0.25) is 9.59 Å². The van der Waals surface area contributed by atoms with Gasteiger partial charge < -0.3 is 20.0 Å². The van der Waals surface area contributed by atoms with E-state index >= 15 is 0 Å². The molecule has 6 nitrogen and oxygen atoms in total. The Hall–Kier alpha value is -1.14. The second-order valence-corrected chi connectivity index (χ2v) is 17.6. The smallest absolute Gasteiger partial charge is 0.233 e. The molecule has 4 saturated carbocycles. The Balaban J connectivity index is 1.42. The van der Waals surface area contributed by atoms with Crippen LogP contribution in [-0.2, 0) is 9.59 Å². The molecule has 4 aliphatic carbocycles. The van der Waals surface area contributed by atoms with E-state index in [4.69, 9.17) is 0 Å². The summed E-state index contributed by atoms with van der Waals surface area (Å²) in [5.74, 6) is 2.53. The summed E-state index contributed by atoms with van der Waals surface area (Å²) in [5.41, 5.74) is -0.254. The molecule has 42 heavy (non-hydrogen) atoms. The molecule has 0 bridgehead atoms. The molecule has 0 spiro atoms. The lowest BCUT2D eigenvalue weighted by atomic mass is 9.38. The molecule has 6 heteroatoms. The van der Waals surface area contributed by atoms with Crippen LogP contribution in [0.1, 0.15) is 120 Å². The molecule has 240 valence electrons. The lowest BCUT2D eigenvalue weighted by Crippen LogP contribution is -2.64. The van der Waals surface area contributed by atoms with Crippen molar-refractivity contribution < 1.29 is 19.8 Å². The van der Waals surface area contributed by atoms with Gasteiger partial charge in [-0.1, -0.05) is 54.9 Å². The molecule has 2 amide bonds. The standard InChI is InChI=1S/C36H62N2O4/c1-9-13-31(2,3)27-11-10-26-28-25(33(6)15-16-33)12-14-36(28,18-17-35(26,8)32(27,4)5)30(42)38-21-19-37(20-22-38)29(41)34(7,23-39)24-40/h25-28,39-40H,9-24H2,1-8H3/t25-,26-,27-,28-,35-,36+/m1/s1. The van der Waals surface area contributed by atoms with Gasteiger partial charge in [0.2, 0.25) is 11.8 Å². The normalized spacial score (nSPS) is 37.7. The number of rotatable bonds is 8. The van der Waals surface area contributed by atoms with Crippen molar-refractivity contribution >= 4 is 11.8 Å². The number of carbonyl (C=O) groups is 2. The van der Waals surface area contributed by atoms with Crippen LogP contribution in [0.5, 0.6) is 0 Å². The maximum absolute atomic E-state index is 14.8. The van der Waals surface area contributed by atoms with E-state index < -0.39 is 5.41 Å². The van der Waals surface area contributed by atoms with Gasteiger partial charge in [0.1, 0.15) is 0 Å². The third-order valence-corrected chi connectivity index (χ3v) is 14.7. The maximum Gasteiger partial charge on any atom is 0.233 e. The molecule has 1 saturated heterocycles. The van der Waals surface area contributed by atoms with E-state index in [2.05, 4.69) is 53.4 Å². The molecule has 0 aromatic rings. The van der Waals surface area contributed by atoms with E-state index in [1.54, 1.807) is 11.8 Å². The van der Waals surface area contributed by atoms with Crippen molar-refractivity contribution in [2.24, 2.45) is 56.2 Å². The number of aliphatic hydroxyl groups excluding tert-OH is 2. The molecule has 6 atom stereocenters.